The van der Waals surface area contributed by atoms with Gasteiger partial charge in [-0.2, -0.15) is 0 Å². The highest BCUT2D eigenvalue weighted by Crippen LogP contribution is 2.69. The highest BCUT2D eigenvalue weighted by Gasteiger charge is 2.62. The predicted octanol–water partition coefficient (Wildman–Crippen LogP) is 3.95. The van der Waals surface area contributed by atoms with Crippen molar-refractivity contribution >= 4 is 18.0 Å². The summed E-state index contributed by atoms with van der Waals surface area (Å²) < 4.78 is 0.185. The van der Waals surface area contributed by atoms with Crippen molar-refractivity contribution in [1.82, 2.24) is 0 Å². The molecule has 2 atom stereocenters. The normalized spacial score (nSPS) is 39.7. The zero-order valence-corrected chi connectivity index (χ0v) is 11.1. The number of allylic oxidation sites excluding steroid dienone is 5. The van der Waals surface area contributed by atoms with Gasteiger partial charge in [-0.3, -0.25) is 4.99 Å². The van der Waals surface area contributed by atoms with E-state index in [2.05, 4.69) is 57.1 Å². The summed E-state index contributed by atoms with van der Waals surface area (Å²) in [6.07, 6.45) is 8.94. The number of aliphatic imine (C=N–C) groups is 1. The van der Waals surface area contributed by atoms with Crippen LogP contribution < -0.4 is 0 Å². The Balaban J connectivity index is 2.14. The molecular formula is C14H17NS. The second kappa shape index (κ2) is 2.92. The average Bonchev–Trinajstić information content (AvgIpc) is 2.36. The van der Waals surface area contributed by atoms with Crippen LogP contribution in [0.15, 0.2) is 39.4 Å². The fraction of sp³-hybridized carbons (Fsp3) is 0.500. The van der Waals surface area contributed by atoms with E-state index >= 15 is 0 Å². The van der Waals surface area contributed by atoms with E-state index in [1.807, 2.05) is 11.8 Å². The van der Waals surface area contributed by atoms with Crippen LogP contribution in [0.25, 0.3) is 0 Å². The van der Waals surface area contributed by atoms with Gasteiger partial charge in [0.25, 0.3) is 0 Å². The molecule has 0 amide bonds. The van der Waals surface area contributed by atoms with Crippen molar-refractivity contribution in [2.45, 2.75) is 32.4 Å². The van der Waals surface area contributed by atoms with E-state index in [0.717, 1.165) is 0 Å². The standard InChI is InChI=1S/C14H17NS/c1-9(2)10-5-6-11-14(4)12(7-10)16-13(14,3)8-15-11/h5-9H,1-4H3. The first kappa shape index (κ1) is 10.4. The molecule has 3 rings (SSSR count). The average molecular weight is 231 g/mol. The summed E-state index contributed by atoms with van der Waals surface area (Å²) in [5, 5.41) is 0. The first-order valence-corrected chi connectivity index (χ1v) is 6.68. The molecule has 84 valence electrons. The molecule has 0 bridgehead atoms. The minimum atomic E-state index is 0.144. The monoisotopic (exact) mass is 231 g/mol. The molecule has 2 unspecified atom stereocenters. The van der Waals surface area contributed by atoms with E-state index in [1.54, 1.807) is 0 Å². The van der Waals surface area contributed by atoms with Gasteiger partial charge in [0.2, 0.25) is 0 Å². The largest absolute Gasteiger partial charge is 0.263 e. The van der Waals surface area contributed by atoms with E-state index < -0.39 is 0 Å². The Morgan fingerprint density at radius 3 is 2.69 bits per heavy atom. The van der Waals surface area contributed by atoms with Crippen LogP contribution in [0.1, 0.15) is 27.7 Å². The highest BCUT2D eigenvalue weighted by molar-refractivity contribution is 8.06. The van der Waals surface area contributed by atoms with E-state index in [-0.39, 0.29) is 10.2 Å². The Morgan fingerprint density at radius 1 is 1.25 bits per heavy atom. The summed E-state index contributed by atoms with van der Waals surface area (Å²) in [6.45, 7) is 9.11. The van der Waals surface area contributed by atoms with Crippen molar-refractivity contribution in [3.8, 4) is 0 Å². The molecule has 1 saturated heterocycles. The molecule has 0 aromatic rings. The number of thioether (sulfide) groups is 1. The van der Waals surface area contributed by atoms with Gasteiger partial charge in [-0.05, 0) is 42.4 Å². The quantitative estimate of drug-likeness (QED) is 0.665. The van der Waals surface area contributed by atoms with Crippen molar-refractivity contribution in [3.63, 3.8) is 0 Å². The second-order valence-corrected chi connectivity index (χ2v) is 6.97. The van der Waals surface area contributed by atoms with E-state index in [4.69, 9.17) is 0 Å². The van der Waals surface area contributed by atoms with Gasteiger partial charge >= 0.3 is 0 Å². The van der Waals surface area contributed by atoms with E-state index in [0.29, 0.717) is 5.92 Å². The van der Waals surface area contributed by atoms with Crippen molar-refractivity contribution in [1.29, 1.82) is 0 Å². The number of rotatable bonds is 1. The molecule has 1 aliphatic carbocycles. The van der Waals surface area contributed by atoms with Gasteiger partial charge in [0, 0.05) is 6.21 Å². The minimum absolute atomic E-state index is 0.144. The summed E-state index contributed by atoms with van der Waals surface area (Å²) in [7, 11) is 0. The molecule has 0 radical (unpaired) electrons. The molecule has 2 heteroatoms. The van der Waals surface area contributed by atoms with Crippen molar-refractivity contribution in [3.05, 3.63) is 34.4 Å². The lowest BCUT2D eigenvalue weighted by atomic mass is 9.75. The maximum atomic E-state index is 4.61. The number of nitrogens with zero attached hydrogens (tertiary/aromatic N) is 1. The minimum Gasteiger partial charge on any atom is -0.263 e. The number of hydrogen-bond acceptors (Lipinski definition) is 2. The second-order valence-electron chi connectivity index (χ2n) is 5.47. The summed E-state index contributed by atoms with van der Waals surface area (Å²) >= 11 is 1.96. The van der Waals surface area contributed by atoms with Crippen molar-refractivity contribution in [2.75, 3.05) is 0 Å². The SMILES string of the molecule is CC(C)C1=CC=C2N=CC3(C)SC(=C1)C23C. The van der Waals surface area contributed by atoms with Crippen LogP contribution in [0.3, 0.4) is 0 Å². The van der Waals surface area contributed by atoms with Crippen LogP contribution in [0.4, 0.5) is 0 Å². The lowest BCUT2D eigenvalue weighted by molar-refractivity contribution is 0.440. The topological polar surface area (TPSA) is 12.4 Å². The fourth-order valence-corrected chi connectivity index (χ4v) is 4.15. The predicted molar refractivity (Wildman–Crippen MR) is 71.7 cm³/mol. The highest BCUT2D eigenvalue weighted by atomic mass is 32.2. The van der Waals surface area contributed by atoms with Crippen molar-refractivity contribution in [2.24, 2.45) is 16.3 Å². The van der Waals surface area contributed by atoms with Crippen LogP contribution >= 0.6 is 11.8 Å². The molecule has 0 N–H and O–H groups in total. The Morgan fingerprint density at radius 2 is 2.00 bits per heavy atom. The fourth-order valence-electron chi connectivity index (χ4n) is 2.61. The molecule has 0 spiro atoms. The van der Waals surface area contributed by atoms with E-state index in [9.17, 15) is 0 Å². The molecule has 0 aromatic carbocycles. The molecule has 1 fully saturated rings. The Labute approximate surface area is 101 Å². The first-order valence-electron chi connectivity index (χ1n) is 5.86. The van der Waals surface area contributed by atoms with Crippen LogP contribution in [-0.2, 0) is 0 Å². The molecule has 2 aliphatic heterocycles. The van der Waals surface area contributed by atoms with Gasteiger partial charge < -0.3 is 0 Å². The maximum Gasteiger partial charge on any atom is 0.0681 e. The van der Waals surface area contributed by atoms with Gasteiger partial charge in [-0.15, -0.1) is 11.8 Å². The van der Waals surface area contributed by atoms with Crippen molar-refractivity contribution < 1.29 is 0 Å². The molecular weight excluding hydrogens is 214 g/mol. The molecule has 1 nitrogen and oxygen atoms in total. The maximum absolute atomic E-state index is 4.61. The molecule has 0 aromatic heterocycles. The molecule has 16 heavy (non-hydrogen) atoms. The van der Waals surface area contributed by atoms with Gasteiger partial charge in [-0.25, -0.2) is 0 Å². The molecule has 3 aliphatic rings. The van der Waals surface area contributed by atoms with Gasteiger partial charge in [0.15, 0.2) is 0 Å². The van der Waals surface area contributed by atoms with Crippen LogP contribution in [0.5, 0.6) is 0 Å². The molecule has 0 saturated carbocycles. The summed E-state index contributed by atoms with van der Waals surface area (Å²) in [6, 6.07) is 0. The summed E-state index contributed by atoms with van der Waals surface area (Å²) in [5.41, 5.74) is 2.80. The van der Waals surface area contributed by atoms with Gasteiger partial charge in [0.1, 0.15) is 0 Å². The smallest absolute Gasteiger partial charge is 0.0681 e. The van der Waals surface area contributed by atoms with E-state index in [1.165, 1.54) is 16.2 Å². The lowest BCUT2D eigenvalue weighted by Crippen LogP contribution is -2.49. The van der Waals surface area contributed by atoms with Crippen LogP contribution in [-0.4, -0.2) is 11.0 Å². The van der Waals surface area contributed by atoms with Crippen LogP contribution in [0, 0.1) is 11.3 Å². The summed E-state index contributed by atoms with van der Waals surface area (Å²) in [5.74, 6) is 0.586. The molecule has 2 heterocycles. The first-order chi connectivity index (χ1) is 7.47. The Kier molecular flexibility index (Phi) is 1.90. The summed E-state index contributed by atoms with van der Waals surface area (Å²) in [4.78, 5) is 6.09. The van der Waals surface area contributed by atoms with Gasteiger partial charge in [-0.1, -0.05) is 19.9 Å². The lowest BCUT2D eigenvalue weighted by Gasteiger charge is -2.51. The Bertz CT molecular complexity index is 481. The number of hydrogen-bond donors (Lipinski definition) is 0. The zero-order chi connectivity index (χ0) is 11.6. The zero-order valence-electron chi connectivity index (χ0n) is 10.2. The van der Waals surface area contributed by atoms with Gasteiger partial charge in [0.05, 0.1) is 15.9 Å². The third-order valence-electron chi connectivity index (χ3n) is 4.17. The van der Waals surface area contributed by atoms with Crippen LogP contribution in [0.2, 0.25) is 0 Å². The Hall–Kier alpha value is -0.760. The third kappa shape index (κ3) is 1.01. The third-order valence-corrected chi connectivity index (χ3v) is 5.85.